The first kappa shape index (κ1) is 14.9. The zero-order chi connectivity index (χ0) is 15.5. The number of rotatable bonds is 4. The van der Waals surface area contributed by atoms with Crippen LogP contribution in [0, 0.1) is 22.7 Å². The highest BCUT2D eigenvalue weighted by atomic mass is 16.5. The summed E-state index contributed by atoms with van der Waals surface area (Å²) >= 11 is 0. The summed E-state index contributed by atoms with van der Waals surface area (Å²) in [5.41, 5.74) is -0.129. The predicted molar refractivity (Wildman–Crippen MR) is 76.2 cm³/mol. The zero-order valence-corrected chi connectivity index (χ0v) is 12.2. The Kier molecular flexibility index (Phi) is 4.14. The van der Waals surface area contributed by atoms with Crippen LogP contribution in [0.25, 0.3) is 0 Å². The van der Waals surface area contributed by atoms with Crippen LogP contribution in [0.5, 0.6) is 5.75 Å². The lowest BCUT2D eigenvalue weighted by atomic mass is 9.76. The van der Waals surface area contributed by atoms with Crippen LogP contribution < -0.4 is 4.74 Å². The topological polar surface area (TPSA) is 77.1 Å². The molecule has 2 rings (SSSR count). The predicted octanol–water partition coefficient (Wildman–Crippen LogP) is 2.23. The molecule has 1 aromatic rings. The van der Waals surface area contributed by atoms with Crippen molar-refractivity contribution in [1.82, 2.24) is 4.90 Å². The van der Waals surface area contributed by atoms with Gasteiger partial charge in [0.25, 0.3) is 5.91 Å². The number of carbonyl (C=O) groups is 1. The number of hydrogen-bond acceptors (Lipinski definition) is 4. The first-order valence-corrected chi connectivity index (χ1v) is 6.88. The van der Waals surface area contributed by atoms with Gasteiger partial charge in [0, 0.05) is 7.05 Å². The van der Waals surface area contributed by atoms with Gasteiger partial charge in [0.05, 0.1) is 17.7 Å². The fourth-order valence-electron chi connectivity index (χ4n) is 2.38. The van der Waals surface area contributed by atoms with Crippen molar-refractivity contribution in [3.63, 3.8) is 0 Å². The molecule has 5 nitrogen and oxygen atoms in total. The third-order valence-electron chi connectivity index (χ3n) is 4.01. The Morgan fingerprint density at radius 3 is 2.38 bits per heavy atom. The molecule has 1 aliphatic carbocycles. The second-order valence-corrected chi connectivity index (χ2v) is 5.29. The third kappa shape index (κ3) is 2.83. The van der Waals surface area contributed by atoms with Crippen LogP contribution in [0.4, 0.5) is 0 Å². The van der Waals surface area contributed by atoms with Gasteiger partial charge < -0.3 is 9.64 Å². The highest BCUT2D eigenvalue weighted by Crippen LogP contribution is 2.36. The normalized spacial score (nSPS) is 16.8. The fraction of sp³-hybridized carbons (Fsp3) is 0.438. The summed E-state index contributed by atoms with van der Waals surface area (Å²) in [5.74, 6) is 0.323. The van der Waals surface area contributed by atoms with E-state index in [1.54, 1.807) is 38.2 Å². The van der Waals surface area contributed by atoms with Crippen LogP contribution in [-0.2, 0) is 4.79 Å². The van der Waals surface area contributed by atoms with Gasteiger partial charge in [0.15, 0.2) is 6.10 Å². The molecule has 1 saturated carbocycles. The number of amides is 1. The van der Waals surface area contributed by atoms with Crippen LogP contribution in [-0.4, -0.2) is 29.5 Å². The second-order valence-electron chi connectivity index (χ2n) is 5.29. The minimum atomic E-state index is -0.672. The van der Waals surface area contributed by atoms with E-state index in [0.717, 1.165) is 19.3 Å². The van der Waals surface area contributed by atoms with Crippen molar-refractivity contribution in [2.45, 2.75) is 37.8 Å². The lowest BCUT2D eigenvalue weighted by molar-refractivity contribution is -0.143. The van der Waals surface area contributed by atoms with E-state index in [1.807, 2.05) is 6.07 Å². The van der Waals surface area contributed by atoms with Crippen molar-refractivity contribution in [2.75, 3.05) is 7.05 Å². The van der Waals surface area contributed by atoms with Crippen molar-refractivity contribution in [2.24, 2.45) is 0 Å². The SMILES string of the molecule is C[C@@H](Oc1ccc(C#N)cc1)C(=O)N(C)C1(C#N)CCC1. The molecule has 1 atom stereocenters. The van der Waals surface area contributed by atoms with Gasteiger partial charge in [-0.1, -0.05) is 0 Å². The molecule has 1 aliphatic rings. The average molecular weight is 283 g/mol. The lowest BCUT2D eigenvalue weighted by Gasteiger charge is -2.43. The molecule has 0 aliphatic heterocycles. The molecule has 0 radical (unpaired) electrons. The number of ether oxygens (including phenoxy) is 1. The molecule has 108 valence electrons. The quantitative estimate of drug-likeness (QED) is 0.849. The number of benzene rings is 1. The standard InChI is InChI=1S/C16H17N3O2/c1-12(21-14-6-4-13(10-17)5-7-14)15(20)19(2)16(11-18)8-3-9-16/h4-7,12H,3,8-9H2,1-2H3/t12-/m1/s1. The summed E-state index contributed by atoms with van der Waals surface area (Å²) in [5, 5.41) is 18.0. The van der Waals surface area contributed by atoms with Gasteiger partial charge >= 0.3 is 0 Å². The molecular weight excluding hydrogens is 266 g/mol. The maximum atomic E-state index is 12.4. The van der Waals surface area contributed by atoms with Crippen LogP contribution in [0.1, 0.15) is 31.7 Å². The Bertz CT molecular complexity index is 606. The monoisotopic (exact) mass is 283 g/mol. The van der Waals surface area contributed by atoms with Gasteiger partial charge in [0.2, 0.25) is 0 Å². The highest BCUT2D eigenvalue weighted by Gasteiger charge is 2.44. The minimum Gasteiger partial charge on any atom is -0.481 e. The molecule has 1 aromatic carbocycles. The minimum absolute atomic E-state index is 0.208. The van der Waals surface area contributed by atoms with Gasteiger partial charge in [0.1, 0.15) is 11.3 Å². The largest absolute Gasteiger partial charge is 0.481 e. The van der Waals surface area contributed by atoms with Gasteiger partial charge in [-0.15, -0.1) is 0 Å². The van der Waals surface area contributed by atoms with Crippen molar-refractivity contribution in [3.8, 4) is 17.9 Å². The Labute approximate surface area is 124 Å². The van der Waals surface area contributed by atoms with E-state index in [-0.39, 0.29) is 5.91 Å². The number of nitriles is 2. The van der Waals surface area contributed by atoms with Gasteiger partial charge in [-0.2, -0.15) is 10.5 Å². The summed E-state index contributed by atoms with van der Waals surface area (Å²) in [6, 6.07) is 10.9. The molecular formula is C16H17N3O2. The van der Waals surface area contributed by atoms with Crippen LogP contribution >= 0.6 is 0 Å². The maximum absolute atomic E-state index is 12.4. The second kappa shape index (κ2) is 5.85. The van der Waals surface area contributed by atoms with E-state index in [4.69, 9.17) is 10.00 Å². The van der Waals surface area contributed by atoms with Crippen molar-refractivity contribution in [1.29, 1.82) is 10.5 Å². The molecule has 0 aromatic heterocycles. The molecule has 1 amide bonds. The van der Waals surface area contributed by atoms with Crippen LogP contribution in [0.2, 0.25) is 0 Å². The summed E-state index contributed by atoms with van der Waals surface area (Å²) in [6.07, 6.45) is 1.73. The molecule has 5 heteroatoms. The molecule has 1 fully saturated rings. The maximum Gasteiger partial charge on any atom is 0.264 e. The summed E-state index contributed by atoms with van der Waals surface area (Å²) in [4.78, 5) is 13.9. The molecule has 0 spiro atoms. The Morgan fingerprint density at radius 2 is 1.95 bits per heavy atom. The number of likely N-dealkylation sites (N-methyl/N-ethyl adjacent to an activating group) is 1. The van der Waals surface area contributed by atoms with Crippen LogP contribution in [0.3, 0.4) is 0 Å². The first-order valence-electron chi connectivity index (χ1n) is 6.88. The number of nitrogens with zero attached hydrogens (tertiary/aromatic N) is 3. The van der Waals surface area contributed by atoms with E-state index in [0.29, 0.717) is 11.3 Å². The van der Waals surface area contributed by atoms with Crippen molar-refractivity contribution < 1.29 is 9.53 Å². The Balaban J connectivity index is 2.02. The smallest absolute Gasteiger partial charge is 0.264 e. The number of hydrogen-bond donors (Lipinski definition) is 0. The first-order chi connectivity index (χ1) is 10.0. The van der Waals surface area contributed by atoms with Gasteiger partial charge in [-0.3, -0.25) is 4.79 Å². The molecule has 0 saturated heterocycles. The number of carbonyl (C=O) groups excluding carboxylic acids is 1. The lowest BCUT2D eigenvalue weighted by Crippen LogP contribution is -2.56. The summed E-state index contributed by atoms with van der Waals surface area (Å²) < 4.78 is 5.59. The van der Waals surface area contributed by atoms with Crippen molar-refractivity contribution >= 4 is 5.91 Å². The zero-order valence-electron chi connectivity index (χ0n) is 12.2. The fourth-order valence-corrected chi connectivity index (χ4v) is 2.38. The Hall–Kier alpha value is -2.53. The molecule has 0 N–H and O–H groups in total. The van der Waals surface area contributed by atoms with Gasteiger partial charge in [-0.25, -0.2) is 0 Å². The Morgan fingerprint density at radius 1 is 1.33 bits per heavy atom. The molecule has 0 bridgehead atoms. The molecule has 21 heavy (non-hydrogen) atoms. The van der Waals surface area contributed by atoms with E-state index in [2.05, 4.69) is 6.07 Å². The highest BCUT2D eigenvalue weighted by molar-refractivity contribution is 5.82. The summed E-state index contributed by atoms with van der Waals surface area (Å²) in [6.45, 7) is 1.67. The molecule has 0 heterocycles. The average Bonchev–Trinajstić information content (AvgIpc) is 2.46. The van der Waals surface area contributed by atoms with E-state index in [1.165, 1.54) is 4.90 Å². The van der Waals surface area contributed by atoms with Crippen LogP contribution in [0.15, 0.2) is 24.3 Å². The van der Waals surface area contributed by atoms with E-state index in [9.17, 15) is 10.1 Å². The third-order valence-corrected chi connectivity index (χ3v) is 4.01. The van der Waals surface area contributed by atoms with Gasteiger partial charge in [-0.05, 0) is 50.5 Å². The van der Waals surface area contributed by atoms with E-state index >= 15 is 0 Å². The summed E-state index contributed by atoms with van der Waals surface area (Å²) in [7, 11) is 1.66. The molecule has 0 unspecified atom stereocenters. The van der Waals surface area contributed by atoms with E-state index < -0.39 is 11.6 Å². The van der Waals surface area contributed by atoms with Crippen molar-refractivity contribution in [3.05, 3.63) is 29.8 Å².